The Balaban J connectivity index is 1.42. The third kappa shape index (κ3) is 4.08. The number of sulfonamides is 1. The fourth-order valence-corrected chi connectivity index (χ4v) is 6.71. The van der Waals surface area contributed by atoms with Gasteiger partial charge in [0.25, 0.3) is 5.91 Å². The van der Waals surface area contributed by atoms with E-state index in [9.17, 15) is 18.0 Å². The predicted octanol–water partition coefficient (Wildman–Crippen LogP) is 3.22. The molecule has 2 aromatic rings. The van der Waals surface area contributed by atoms with Gasteiger partial charge < -0.3 is 4.90 Å². The zero-order valence-corrected chi connectivity index (χ0v) is 18.9. The topological polar surface area (TPSA) is 74.8 Å². The van der Waals surface area contributed by atoms with Crippen molar-refractivity contribution < 1.29 is 18.0 Å². The molecule has 8 heteroatoms. The number of carbonyl (C=O) groups is 2. The minimum absolute atomic E-state index is 0.00455. The van der Waals surface area contributed by atoms with Crippen LogP contribution in [0.1, 0.15) is 50.7 Å². The fourth-order valence-electron chi connectivity index (χ4n) is 4.11. The van der Waals surface area contributed by atoms with Crippen LogP contribution in [0.2, 0.25) is 0 Å². The molecule has 1 aromatic heterocycles. The van der Waals surface area contributed by atoms with E-state index >= 15 is 0 Å². The fraction of sp³-hybridized carbons (Fsp3) is 0.455. The number of rotatable bonds is 4. The number of fused-ring (bicyclic) bond motifs is 1. The summed E-state index contributed by atoms with van der Waals surface area (Å²) in [4.78, 5) is 28.4. The molecule has 1 aliphatic heterocycles. The van der Waals surface area contributed by atoms with Gasteiger partial charge in [0.05, 0.1) is 9.77 Å². The van der Waals surface area contributed by atoms with E-state index in [1.54, 1.807) is 16.2 Å². The molecule has 1 amide bonds. The highest BCUT2D eigenvalue weighted by atomic mass is 32.2. The maximum Gasteiger partial charge on any atom is 0.264 e. The second-order valence-electron chi connectivity index (χ2n) is 8.18. The lowest BCUT2D eigenvalue weighted by Crippen LogP contribution is -2.50. The van der Waals surface area contributed by atoms with E-state index in [2.05, 4.69) is 6.92 Å². The number of aryl methyl sites for hydroxylation is 1. The van der Waals surface area contributed by atoms with Gasteiger partial charge in [0.2, 0.25) is 10.0 Å². The molecule has 1 aromatic carbocycles. The van der Waals surface area contributed by atoms with Gasteiger partial charge in [-0.1, -0.05) is 19.1 Å². The Hall–Kier alpha value is -2.03. The minimum atomic E-state index is -3.64. The molecule has 6 nitrogen and oxygen atoms in total. The largest absolute Gasteiger partial charge is 0.335 e. The van der Waals surface area contributed by atoms with Crippen molar-refractivity contribution in [3.8, 4) is 0 Å². The number of piperazine rings is 1. The number of amides is 1. The molecule has 2 aliphatic rings. The van der Waals surface area contributed by atoms with E-state index in [1.165, 1.54) is 52.4 Å². The lowest BCUT2D eigenvalue weighted by atomic mass is 9.90. The van der Waals surface area contributed by atoms with Gasteiger partial charge in [0.15, 0.2) is 5.78 Å². The summed E-state index contributed by atoms with van der Waals surface area (Å²) in [6.45, 7) is 4.99. The highest BCUT2D eigenvalue weighted by Gasteiger charge is 2.31. The molecular formula is C22H26N2O4S2. The van der Waals surface area contributed by atoms with E-state index in [0.717, 1.165) is 17.7 Å². The van der Waals surface area contributed by atoms with E-state index in [1.807, 2.05) is 6.07 Å². The summed E-state index contributed by atoms with van der Waals surface area (Å²) < 4.78 is 27.3. The number of thiophene rings is 1. The molecule has 1 saturated heterocycles. The maximum atomic E-state index is 13.0. The Morgan fingerprint density at radius 2 is 1.73 bits per heavy atom. The van der Waals surface area contributed by atoms with Gasteiger partial charge >= 0.3 is 0 Å². The van der Waals surface area contributed by atoms with Crippen molar-refractivity contribution in [2.24, 2.45) is 5.92 Å². The van der Waals surface area contributed by atoms with Crippen molar-refractivity contribution in [1.29, 1.82) is 0 Å². The second kappa shape index (κ2) is 8.24. The van der Waals surface area contributed by atoms with Crippen molar-refractivity contribution in [3.05, 3.63) is 51.2 Å². The van der Waals surface area contributed by atoms with Gasteiger partial charge in [-0.2, -0.15) is 4.31 Å². The van der Waals surface area contributed by atoms with Gasteiger partial charge in [-0.3, -0.25) is 9.59 Å². The molecule has 0 saturated carbocycles. The first kappa shape index (κ1) is 21.2. The summed E-state index contributed by atoms with van der Waals surface area (Å²) >= 11 is 1.60. The molecular weight excluding hydrogens is 420 g/mol. The minimum Gasteiger partial charge on any atom is -0.335 e. The Kier molecular flexibility index (Phi) is 5.83. The molecule has 0 spiro atoms. The summed E-state index contributed by atoms with van der Waals surface area (Å²) in [7, 11) is -3.64. The number of Topliss-reactive ketones (excluding diaryl/α,β-unsaturated/α-hetero) is 1. The van der Waals surface area contributed by atoms with Crippen LogP contribution in [-0.2, 0) is 22.9 Å². The van der Waals surface area contributed by atoms with Crippen LogP contribution < -0.4 is 0 Å². The Bertz CT molecular complexity index is 1070. The van der Waals surface area contributed by atoms with E-state index in [4.69, 9.17) is 0 Å². The zero-order chi connectivity index (χ0) is 21.5. The summed E-state index contributed by atoms with van der Waals surface area (Å²) in [5.41, 5.74) is 1.79. The molecule has 0 bridgehead atoms. The van der Waals surface area contributed by atoms with Crippen LogP contribution in [-0.4, -0.2) is 55.5 Å². The molecule has 0 N–H and O–H groups in total. The molecule has 1 unspecified atom stereocenters. The SMILES string of the molecule is CC(=O)c1ccc(S(=O)(=O)N2CCN(C(=O)c3cc4c(s3)CCC(C)C4)CC2)cc1. The summed E-state index contributed by atoms with van der Waals surface area (Å²) in [5.74, 6) is 0.564. The van der Waals surface area contributed by atoms with Crippen LogP contribution in [0.3, 0.4) is 0 Å². The van der Waals surface area contributed by atoms with Crippen molar-refractivity contribution in [3.63, 3.8) is 0 Å². The third-order valence-corrected chi connectivity index (χ3v) is 9.10. The normalized spacial score (nSPS) is 20.1. The van der Waals surface area contributed by atoms with Crippen molar-refractivity contribution >= 4 is 33.1 Å². The van der Waals surface area contributed by atoms with Crippen LogP contribution in [0, 0.1) is 5.92 Å². The highest BCUT2D eigenvalue weighted by molar-refractivity contribution is 7.89. The Morgan fingerprint density at radius 1 is 1.07 bits per heavy atom. The van der Waals surface area contributed by atoms with E-state index < -0.39 is 10.0 Å². The first-order chi connectivity index (χ1) is 14.3. The lowest BCUT2D eigenvalue weighted by Gasteiger charge is -2.33. The second-order valence-corrected chi connectivity index (χ2v) is 11.3. The zero-order valence-electron chi connectivity index (χ0n) is 17.3. The number of carbonyl (C=O) groups excluding carboxylic acids is 2. The van der Waals surface area contributed by atoms with Crippen LogP contribution in [0.25, 0.3) is 0 Å². The number of benzene rings is 1. The van der Waals surface area contributed by atoms with Crippen molar-refractivity contribution in [1.82, 2.24) is 9.21 Å². The van der Waals surface area contributed by atoms with Gasteiger partial charge in [0, 0.05) is 36.6 Å². The van der Waals surface area contributed by atoms with E-state index in [-0.39, 0.29) is 29.7 Å². The maximum absolute atomic E-state index is 13.0. The lowest BCUT2D eigenvalue weighted by molar-refractivity contribution is 0.0702. The van der Waals surface area contributed by atoms with Gasteiger partial charge in [-0.25, -0.2) is 8.42 Å². The van der Waals surface area contributed by atoms with Crippen molar-refractivity contribution in [2.45, 2.75) is 38.0 Å². The summed E-state index contributed by atoms with van der Waals surface area (Å²) in [6.07, 6.45) is 3.25. The molecule has 30 heavy (non-hydrogen) atoms. The average Bonchev–Trinajstić information content (AvgIpc) is 3.16. The molecule has 0 radical (unpaired) electrons. The standard InChI is InChI=1S/C22H26N2O4S2/c1-15-3-8-20-18(13-15)14-21(29-20)22(26)23-9-11-24(12-10-23)30(27,28)19-6-4-17(5-7-19)16(2)25/h4-7,14-15H,3,8-13H2,1-2H3. The predicted molar refractivity (Wildman–Crippen MR) is 117 cm³/mol. The number of hydrogen-bond donors (Lipinski definition) is 0. The smallest absolute Gasteiger partial charge is 0.264 e. The molecule has 160 valence electrons. The average molecular weight is 447 g/mol. The first-order valence-electron chi connectivity index (χ1n) is 10.3. The van der Waals surface area contributed by atoms with Gasteiger partial charge in [0.1, 0.15) is 0 Å². The van der Waals surface area contributed by atoms with Crippen LogP contribution in [0.15, 0.2) is 35.2 Å². The molecule has 4 rings (SSSR count). The summed E-state index contributed by atoms with van der Waals surface area (Å²) in [6, 6.07) is 8.06. The monoisotopic (exact) mass is 446 g/mol. The van der Waals surface area contributed by atoms with E-state index in [0.29, 0.717) is 24.6 Å². The third-order valence-electron chi connectivity index (χ3n) is 5.96. The number of ketones is 1. The Labute approximate surface area is 181 Å². The quantitative estimate of drug-likeness (QED) is 0.676. The Morgan fingerprint density at radius 3 is 2.37 bits per heavy atom. The molecule has 1 atom stereocenters. The van der Waals surface area contributed by atoms with Crippen LogP contribution in [0.5, 0.6) is 0 Å². The van der Waals surface area contributed by atoms with Crippen LogP contribution in [0.4, 0.5) is 0 Å². The summed E-state index contributed by atoms with van der Waals surface area (Å²) in [5, 5.41) is 0. The molecule has 2 heterocycles. The molecule has 1 aliphatic carbocycles. The van der Waals surface area contributed by atoms with Gasteiger partial charge in [-0.05, 0) is 55.9 Å². The highest BCUT2D eigenvalue weighted by Crippen LogP contribution is 2.33. The molecule has 1 fully saturated rings. The van der Waals surface area contributed by atoms with Gasteiger partial charge in [-0.15, -0.1) is 11.3 Å². The van der Waals surface area contributed by atoms with Crippen LogP contribution >= 0.6 is 11.3 Å². The number of nitrogens with zero attached hydrogens (tertiary/aromatic N) is 2. The number of hydrogen-bond acceptors (Lipinski definition) is 5. The van der Waals surface area contributed by atoms with Crippen molar-refractivity contribution in [2.75, 3.05) is 26.2 Å². The first-order valence-corrected chi connectivity index (χ1v) is 12.5.